The lowest BCUT2D eigenvalue weighted by atomic mass is 9.97. The van der Waals surface area contributed by atoms with E-state index < -0.39 is 0 Å². The summed E-state index contributed by atoms with van der Waals surface area (Å²) in [6.07, 6.45) is 3.36. The first-order valence-corrected chi connectivity index (χ1v) is 6.73. The lowest BCUT2D eigenvalue weighted by Gasteiger charge is -2.20. The molecule has 1 saturated heterocycles. The number of rotatable bonds is 1. The Balaban J connectivity index is 1.91. The van der Waals surface area contributed by atoms with Crippen LogP contribution in [-0.4, -0.2) is 29.3 Å². The average molecular weight is 286 g/mol. The number of anilines is 1. The van der Waals surface area contributed by atoms with Crippen molar-refractivity contribution >= 4 is 21.9 Å². The summed E-state index contributed by atoms with van der Waals surface area (Å²) in [6.45, 7) is 3.84. The van der Waals surface area contributed by atoms with Crippen LogP contribution in [0.3, 0.4) is 0 Å². The maximum Gasteiger partial charge on any atom is 0.203 e. The van der Waals surface area contributed by atoms with Gasteiger partial charge in [0, 0.05) is 32.2 Å². The summed E-state index contributed by atoms with van der Waals surface area (Å²) in [5, 5.41) is 3.35. The first kappa shape index (κ1) is 10.6. The zero-order valence-corrected chi connectivity index (χ0v) is 10.8. The van der Waals surface area contributed by atoms with Crippen molar-refractivity contribution < 1.29 is 4.74 Å². The van der Waals surface area contributed by atoms with Crippen molar-refractivity contribution in [3.63, 3.8) is 0 Å². The summed E-state index contributed by atoms with van der Waals surface area (Å²) in [4.78, 5) is 4.72. The second-order valence-electron chi connectivity index (χ2n) is 4.43. The monoisotopic (exact) mass is 285 g/mol. The Bertz CT molecular complexity index is 385. The van der Waals surface area contributed by atoms with Gasteiger partial charge in [0.25, 0.3) is 0 Å². The molecule has 0 aromatic carbocycles. The van der Waals surface area contributed by atoms with Crippen LogP contribution in [0.2, 0.25) is 0 Å². The fourth-order valence-electron chi connectivity index (χ4n) is 2.46. The molecule has 3 rings (SSSR count). The zero-order valence-electron chi connectivity index (χ0n) is 9.21. The second kappa shape index (κ2) is 4.37. The number of nitrogens with one attached hydrogen (secondary N) is 1. The largest absolute Gasteiger partial charge is 0.381 e. The van der Waals surface area contributed by atoms with Crippen LogP contribution in [0, 0.1) is 0 Å². The molecule has 1 fully saturated rings. The summed E-state index contributed by atoms with van der Waals surface area (Å²) < 4.78 is 8.81. The quantitative estimate of drug-likeness (QED) is 0.861. The molecule has 2 aliphatic heterocycles. The second-order valence-corrected chi connectivity index (χ2v) is 5.18. The SMILES string of the molecule is Brc1c(C2CCOCC2)nc2n1CCCN2. The van der Waals surface area contributed by atoms with Crippen molar-refractivity contribution in [3.8, 4) is 0 Å². The fraction of sp³-hybridized carbons (Fsp3) is 0.727. The van der Waals surface area contributed by atoms with Gasteiger partial charge in [0.2, 0.25) is 5.95 Å². The maximum absolute atomic E-state index is 5.40. The highest BCUT2D eigenvalue weighted by atomic mass is 79.9. The zero-order chi connectivity index (χ0) is 11.0. The van der Waals surface area contributed by atoms with Gasteiger partial charge >= 0.3 is 0 Å². The van der Waals surface area contributed by atoms with Gasteiger partial charge in [-0.2, -0.15) is 0 Å². The molecule has 16 heavy (non-hydrogen) atoms. The summed E-state index contributed by atoms with van der Waals surface area (Å²) in [7, 11) is 0. The summed E-state index contributed by atoms with van der Waals surface area (Å²) in [5.41, 5.74) is 1.22. The number of ether oxygens (including phenoxy) is 1. The van der Waals surface area contributed by atoms with Crippen LogP contribution in [0.15, 0.2) is 4.60 Å². The average Bonchev–Trinajstić information content (AvgIpc) is 2.69. The molecule has 88 valence electrons. The van der Waals surface area contributed by atoms with Crippen LogP contribution in [0.5, 0.6) is 0 Å². The lowest BCUT2D eigenvalue weighted by molar-refractivity contribution is 0.0844. The van der Waals surface area contributed by atoms with Gasteiger partial charge in [-0.25, -0.2) is 4.98 Å². The van der Waals surface area contributed by atoms with Gasteiger partial charge in [-0.1, -0.05) is 0 Å². The van der Waals surface area contributed by atoms with E-state index in [4.69, 9.17) is 9.72 Å². The molecule has 1 aromatic rings. The van der Waals surface area contributed by atoms with Crippen LogP contribution in [0.25, 0.3) is 0 Å². The number of halogens is 1. The third kappa shape index (κ3) is 1.76. The van der Waals surface area contributed by atoms with Crippen LogP contribution >= 0.6 is 15.9 Å². The van der Waals surface area contributed by atoms with E-state index in [1.807, 2.05) is 0 Å². The number of hydrogen-bond acceptors (Lipinski definition) is 3. The molecule has 0 aliphatic carbocycles. The summed E-state index contributed by atoms with van der Waals surface area (Å²) in [5.74, 6) is 1.59. The number of aromatic nitrogens is 2. The van der Waals surface area contributed by atoms with Crippen molar-refractivity contribution in [2.75, 3.05) is 25.1 Å². The molecule has 0 radical (unpaired) electrons. The topological polar surface area (TPSA) is 39.1 Å². The van der Waals surface area contributed by atoms with E-state index >= 15 is 0 Å². The predicted octanol–water partition coefficient (Wildman–Crippen LogP) is 2.36. The van der Waals surface area contributed by atoms with E-state index in [1.54, 1.807) is 0 Å². The van der Waals surface area contributed by atoms with Crippen LogP contribution in [0.4, 0.5) is 5.95 Å². The van der Waals surface area contributed by atoms with Crippen molar-refractivity contribution in [2.45, 2.75) is 31.7 Å². The normalized spacial score (nSPS) is 21.6. The molecule has 4 nitrogen and oxygen atoms in total. The Morgan fingerprint density at radius 3 is 2.94 bits per heavy atom. The minimum Gasteiger partial charge on any atom is -0.381 e. The molecule has 5 heteroatoms. The van der Waals surface area contributed by atoms with E-state index in [-0.39, 0.29) is 0 Å². The van der Waals surface area contributed by atoms with E-state index in [9.17, 15) is 0 Å². The molecule has 0 atom stereocenters. The van der Waals surface area contributed by atoms with Gasteiger partial charge in [0.1, 0.15) is 4.60 Å². The number of hydrogen-bond donors (Lipinski definition) is 1. The molecule has 0 bridgehead atoms. The molecule has 0 amide bonds. The molecule has 0 saturated carbocycles. The van der Waals surface area contributed by atoms with Crippen LogP contribution < -0.4 is 5.32 Å². The van der Waals surface area contributed by atoms with Gasteiger partial charge in [0.05, 0.1) is 5.69 Å². The Kier molecular flexibility index (Phi) is 2.90. The van der Waals surface area contributed by atoms with Crippen LogP contribution in [-0.2, 0) is 11.3 Å². The van der Waals surface area contributed by atoms with Gasteiger partial charge < -0.3 is 14.6 Å². The Morgan fingerprint density at radius 2 is 2.19 bits per heavy atom. The minimum atomic E-state index is 0.558. The van der Waals surface area contributed by atoms with E-state index in [0.717, 1.165) is 45.1 Å². The first-order chi connectivity index (χ1) is 7.86. The van der Waals surface area contributed by atoms with Crippen molar-refractivity contribution in [3.05, 3.63) is 10.3 Å². The molecule has 1 aromatic heterocycles. The predicted molar refractivity (Wildman–Crippen MR) is 65.8 cm³/mol. The van der Waals surface area contributed by atoms with E-state index in [0.29, 0.717) is 5.92 Å². The van der Waals surface area contributed by atoms with Crippen molar-refractivity contribution in [2.24, 2.45) is 0 Å². The number of imidazole rings is 1. The van der Waals surface area contributed by atoms with Gasteiger partial charge in [-0.05, 0) is 35.2 Å². The third-order valence-electron chi connectivity index (χ3n) is 3.38. The number of fused-ring (bicyclic) bond motifs is 1. The smallest absolute Gasteiger partial charge is 0.203 e. The molecule has 3 heterocycles. The highest BCUT2D eigenvalue weighted by Crippen LogP contribution is 2.34. The van der Waals surface area contributed by atoms with Gasteiger partial charge in [-0.15, -0.1) is 0 Å². The molecule has 0 unspecified atom stereocenters. The summed E-state index contributed by atoms with van der Waals surface area (Å²) in [6, 6.07) is 0. The van der Waals surface area contributed by atoms with Gasteiger partial charge in [0.15, 0.2) is 0 Å². The van der Waals surface area contributed by atoms with Crippen molar-refractivity contribution in [1.29, 1.82) is 0 Å². The van der Waals surface area contributed by atoms with E-state index in [1.165, 1.54) is 16.7 Å². The van der Waals surface area contributed by atoms with Gasteiger partial charge in [-0.3, -0.25) is 0 Å². The number of nitrogens with zero attached hydrogens (tertiary/aromatic N) is 2. The highest BCUT2D eigenvalue weighted by Gasteiger charge is 2.25. The van der Waals surface area contributed by atoms with Crippen molar-refractivity contribution in [1.82, 2.24) is 9.55 Å². The highest BCUT2D eigenvalue weighted by molar-refractivity contribution is 9.10. The summed E-state index contributed by atoms with van der Waals surface area (Å²) >= 11 is 3.69. The molecular weight excluding hydrogens is 270 g/mol. The maximum atomic E-state index is 5.40. The standard InChI is InChI=1S/C11H16BrN3O/c12-10-9(8-2-6-16-7-3-8)14-11-13-4-1-5-15(10)11/h8H,1-7H2,(H,13,14). The fourth-order valence-corrected chi connectivity index (χ4v) is 3.22. The molecule has 1 N–H and O–H groups in total. The Morgan fingerprint density at radius 1 is 1.38 bits per heavy atom. The molecular formula is C11H16BrN3O. The van der Waals surface area contributed by atoms with E-state index in [2.05, 4.69) is 25.8 Å². The molecule has 2 aliphatic rings. The minimum absolute atomic E-state index is 0.558. The van der Waals surface area contributed by atoms with Crippen LogP contribution in [0.1, 0.15) is 30.9 Å². The lowest BCUT2D eigenvalue weighted by Crippen LogP contribution is -2.17. The Labute approximate surface area is 104 Å². The molecule has 0 spiro atoms. The first-order valence-electron chi connectivity index (χ1n) is 5.94. The third-order valence-corrected chi connectivity index (χ3v) is 4.21. The Hall–Kier alpha value is -0.550.